The minimum Gasteiger partial charge on any atom is -0.486 e. The molecule has 1 aliphatic heterocycles. The highest BCUT2D eigenvalue weighted by atomic mass is 127. The molecule has 0 bridgehead atoms. The molecule has 112 valence electrons. The molecule has 0 unspecified atom stereocenters. The van der Waals surface area contributed by atoms with E-state index in [-0.39, 0.29) is 17.0 Å². The van der Waals surface area contributed by atoms with Gasteiger partial charge >= 0.3 is 5.69 Å². The second-order valence-electron chi connectivity index (χ2n) is 5.01. The summed E-state index contributed by atoms with van der Waals surface area (Å²) >= 11 is 1.97. The Kier molecular flexibility index (Phi) is 5.76. The van der Waals surface area contributed by atoms with Gasteiger partial charge in [0.15, 0.2) is 0 Å². The molecule has 7 heteroatoms. The fourth-order valence-electron chi connectivity index (χ4n) is 2.42. The van der Waals surface area contributed by atoms with E-state index in [0.29, 0.717) is 16.1 Å². The molecule has 0 aliphatic carbocycles. The summed E-state index contributed by atoms with van der Waals surface area (Å²) in [4.78, 5) is 10.6. The number of ether oxygens (including phenoxy) is 1. The molecule has 1 saturated heterocycles. The Morgan fingerprint density at radius 2 is 2.19 bits per heavy atom. The SMILES string of the molecule is N#Cc1cc(I)c(OCCC2CCNCC2)c([N+](=O)[O-])c1. The summed E-state index contributed by atoms with van der Waals surface area (Å²) < 4.78 is 6.25. The summed E-state index contributed by atoms with van der Waals surface area (Å²) in [5.41, 5.74) is 0.139. The number of nitrogens with zero attached hydrogens (tertiary/aromatic N) is 2. The molecule has 6 nitrogen and oxygen atoms in total. The van der Waals surface area contributed by atoms with E-state index in [0.717, 1.165) is 32.4 Å². The van der Waals surface area contributed by atoms with Crippen molar-refractivity contribution in [1.29, 1.82) is 5.26 Å². The topological polar surface area (TPSA) is 88.2 Å². The van der Waals surface area contributed by atoms with E-state index in [2.05, 4.69) is 5.32 Å². The number of halogens is 1. The maximum Gasteiger partial charge on any atom is 0.313 e. The molecule has 0 radical (unpaired) electrons. The molecule has 1 N–H and O–H groups in total. The zero-order valence-electron chi connectivity index (χ0n) is 11.5. The van der Waals surface area contributed by atoms with Crippen LogP contribution >= 0.6 is 22.6 Å². The van der Waals surface area contributed by atoms with Gasteiger partial charge in [0, 0.05) is 6.07 Å². The van der Waals surface area contributed by atoms with Crippen molar-refractivity contribution in [3.63, 3.8) is 0 Å². The van der Waals surface area contributed by atoms with Gasteiger partial charge in [0.2, 0.25) is 5.75 Å². The van der Waals surface area contributed by atoms with Gasteiger partial charge in [-0.25, -0.2) is 0 Å². The molecule has 1 heterocycles. The van der Waals surface area contributed by atoms with Crippen LogP contribution < -0.4 is 10.1 Å². The van der Waals surface area contributed by atoms with E-state index in [1.54, 1.807) is 6.07 Å². The van der Waals surface area contributed by atoms with Crippen LogP contribution in [0, 0.1) is 30.9 Å². The highest BCUT2D eigenvalue weighted by Gasteiger charge is 2.21. The van der Waals surface area contributed by atoms with Crippen LogP contribution in [0.3, 0.4) is 0 Å². The average Bonchev–Trinajstić information content (AvgIpc) is 2.49. The molecule has 1 fully saturated rings. The van der Waals surface area contributed by atoms with Gasteiger partial charge in [0.05, 0.1) is 26.7 Å². The third kappa shape index (κ3) is 4.28. The molecule has 0 saturated carbocycles. The van der Waals surface area contributed by atoms with E-state index in [1.807, 2.05) is 28.7 Å². The van der Waals surface area contributed by atoms with Crippen LogP contribution in [0.5, 0.6) is 5.75 Å². The van der Waals surface area contributed by atoms with E-state index >= 15 is 0 Å². The monoisotopic (exact) mass is 401 g/mol. The van der Waals surface area contributed by atoms with Crippen molar-refractivity contribution in [3.05, 3.63) is 31.4 Å². The summed E-state index contributed by atoms with van der Waals surface area (Å²) in [7, 11) is 0. The summed E-state index contributed by atoms with van der Waals surface area (Å²) in [6.07, 6.45) is 3.14. The van der Waals surface area contributed by atoms with Gasteiger partial charge in [-0.05, 0) is 66.9 Å². The molecule has 0 spiro atoms. The molecule has 0 atom stereocenters. The standard InChI is InChI=1S/C14H16IN3O3/c15-12-7-11(9-16)8-13(18(19)20)14(12)21-6-3-10-1-4-17-5-2-10/h7-8,10,17H,1-6H2. The summed E-state index contributed by atoms with van der Waals surface area (Å²) in [5, 5.41) is 23.3. The number of nitriles is 1. The highest BCUT2D eigenvalue weighted by Crippen LogP contribution is 2.34. The predicted molar refractivity (Wildman–Crippen MR) is 86.2 cm³/mol. The first kappa shape index (κ1) is 16.0. The number of nitro groups is 1. The number of nitro benzene ring substituents is 1. The number of hydrogen-bond donors (Lipinski definition) is 1. The lowest BCUT2D eigenvalue weighted by Gasteiger charge is -2.22. The Labute approximate surface area is 136 Å². The van der Waals surface area contributed by atoms with Crippen LogP contribution in [-0.4, -0.2) is 24.6 Å². The Bertz CT molecular complexity index is 565. The third-order valence-electron chi connectivity index (χ3n) is 3.58. The van der Waals surface area contributed by atoms with Gasteiger partial charge in [0.25, 0.3) is 0 Å². The van der Waals surface area contributed by atoms with Crippen molar-refractivity contribution in [3.8, 4) is 11.8 Å². The van der Waals surface area contributed by atoms with E-state index < -0.39 is 4.92 Å². The second-order valence-corrected chi connectivity index (χ2v) is 6.17. The first-order valence-electron chi connectivity index (χ1n) is 6.83. The second kappa shape index (κ2) is 7.56. The largest absolute Gasteiger partial charge is 0.486 e. The smallest absolute Gasteiger partial charge is 0.313 e. The maximum absolute atomic E-state index is 11.1. The van der Waals surface area contributed by atoms with E-state index in [4.69, 9.17) is 10.00 Å². The Balaban J connectivity index is 2.04. The van der Waals surface area contributed by atoms with Gasteiger partial charge in [-0.15, -0.1) is 0 Å². The Morgan fingerprint density at radius 3 is 2.81 bits per heavy atom. The van der Waals surface area contributed by atoms with Crippen LogP contribution in [0.2, 0.25) is 0 Å². The maximum atomic E-state index is 11.1. The van der Waals surface area contributed by atoms with Crippen LogP contribution in [0.4, 0.5) is 5.69 Å². The van der Waals surface area contributed by atoms with Crippen LogP contribution in [-0.2, 0) is 0 Å². The fourth-order valence-corrected chi connectivity index (χ4v) is 3.19. The average molecular weight is 401 g/mol. The lowest BCUT2D eigenvalue weighted by Crippen LogP contribution is -2.28. The molecule has 0 aromatic heterocycles. The molecule has 21 heavy (non-hydrogen) atoms. The molecule has 1 aromatic rings. The van der Waals surface area contributed by atoms with Crippen molar-refractivity contribution >= 4 is 28.3 Å². The fraction of sp³-hybridized carbons (Fsp3) is 0.500. The van der Waals surface area contributed by atoms with E-state index in [9.17, 15) is 10.1 Å². The lowest BCUT2D eigenvalue weighted by molar-refractivity contribution is -0.386. The molecule has 1 aliphatic rings. The summed E-state index contributed by atoms with van der Waals surface area (Å²) in [5.74, 6) is 0.884. The summed E-state index contributed by atoms with van der Waals surface area (Å²) in [6, 6.07) is 4.80. The zero-order valence-corrected chi connectivity index (χ0v) is 13.6. The first-order valence-corrected chi connectivity index (χ1v) is 7.91. The number of benzene rings is 1. The molecule has 0 amide bonds. The molecule has 1 aromatic carbocycles. The van der Waals surface area contributed by atoms with Crippen LogP contribution in [0.15, 0.2) is 12.1 Å². The van der Waals surface area contributed by atoms with Crippen molar-refractivity contribution in [1.82, 2.24) is 5.32 Å². The van der Waals surface area contributed by atoms with Gasteiger partial charge in [-0.2, -0.15) is 5.26 Å². The molecular formula is C14H16IN3O3. The number of hydrogen-bond acceptors (Lipinski definition) is 5. The first-order chi connectivity index (χ1) is 10.1. The molecular weight excluding hydrogens is 385 g/mol. The Hall–Kier alpha value is -1.40. The Morgan fingerprint density at radius 1 is 1.48 bits per heavy atom. The normalized spacial score (nSPS) is 15.4. The van der Waals surface area contributed by atoms with E-state index in [1.165, 1.54) is 6.07 Å². The van der Waals surface area contributed by atoms with Gasteiger partial charge < -0.3 is 10.1 Å². The van der Waals surface area contributed by atoms with Gasteiger partial charge in [-0.1, -0.05) is 0 Å². The predicted octanol–water partition coefficient (Wildman–Crippen LogP) is 2.84. The minimum absolute atomic E-state index is 0.135. The minimum atomic E-state index is -0.497. The van der Waals surface area contributed by atoms with Crippen LogP contribution in [0.1, 0.15) is 24.8 Å². The number of piperidine rings is 1. The van der Waals surface area contributed by atoms with Crippen molar-refractivity contribution in [2.24, 2.45) is 5.92 Å². The third-order valence-corrected chi connectivity index (χ3v) is 4.38. The van der Waals surface area contributed by atoms with Gasteiger partial charge in [0.1, 0.15) is 0 Å². The quantitative estimate of drug-likeness (QED) is 0.466. The number of rotatable bonds is 5. The zero-order chi connectivity index (χ0) is 15.2. The van der Waals surface area contributed by atoms with Gasteiger partial charge in [-0.3, -0.25) is 10.1 Å². The molecule has 2 rings (SSSR count). The van der Waals surface area contributed by atoms with Crippen molar-refractivity contribution < 1.29 is 9.66 Å². The lowest BCUT2D eigenvalue weighted by atomic mass is 9.95. The van der Waals surface area contributed by atoms with Crippen LogP contribution in [0.25, 0.3) is 0 Å². The summed E-state index contributed by atoms with van der Waals surface area (Å²) in [6.45, 7) is 2.52. The number of nitrogens with one attached hydrogen (secondary N) is 1. The van der Waals surface area contributed by atoms with Crippen molar-refractivity contribution in [2.45, 2.75) is 19.3 Å². The van der Waals surface area contributed by atoms with Crippen molar-refractivity contribution in [2.75, 3.05) is 19.7 Å². The highest BCUT2D eigenvalue weighted by molar-refractivity contribution is 14.1.